The zero-order chi connectivity index (χ0) is 15.5. The summed E-state index contributed by atoms with van der Waals surface area (Å²) < 4.78 is 39.7. The number of hydrogen-bond donors (Lipinski definition) is 3. The second-order valence-electron chi connectivity index (χ2n) is 4.74. The number of nitrogens with zero attached hydrogens (tertiary/aromatic N) is 1. The summed E-state index contributed by atoms with van der Waals surface area (Å²) in [5, 5.41) is 6.72. The molecule has 0 spiro atoms. The largest absolute Gasteiger partial charge is 0.399 e. The quantitative estimate of drug-likeness (QED) is 0.553. The van der Waals surface area contributed by atoms with Gasteiger partial charge in [0.2, 0.25) is 10.0 Å². The number of nitrogens with one attached hydrogen (secondary N) is 2. The molecule has 0 amide bonds. The Hall–Kier alpha value is -1.93. The standard InChI is InChI=1S/C13H17FN4O2S/c1-9-10(8-16-18-9)3-2-4-17-21(19,20)13-6-11(14)5-12(15)7-13/h5-8,17H,2-4,15H2,1H3,(H,16,18). The number of nitrogens with two attached hydrogens (primary N) is 1. The third-order valence-electron chi connectivity index (χ3n) is 3.05. The van der Waals surface area contributed by atoms with Crippen molar-refractivity contribution >= 4 is 15.7 Å². The van der Waals surface area contributed by atoms with Gasteiger partial charge in [-0.3, -0.25) is 5.10 Å². The summed E-state index contributed by atoms with van der Waals surface area (Å²) >= 11 is 0. The van der Waals surface area contributed by atoms with Crippen LogP contribution < -0.4 is 10.5 Å². The zero-order valence-electron chi connectivity index (χ0n) is 11.6. The summed E-state index contributed by atoms with van der Waals surface area (Å²) in [5.74, 6) is -0.676. The summed E-state index contributed by atoms with van der Waals surface area (Å²) in [7, 11) is -3.75. The summed E-state index contributed by atoms with van der Waals surface area (Å²) in [6, 6.07) is 3.24. The number of benzene rings is 1. The Labute approximate surface area is 122 Å². The van der Waals surface area contributed by atoms with E-state index in [-0.39, 0.29) is 17.1 Å². The summed E-state index contributed by atoms with van der Waals surface area (Å²) in [4.78, 5) is -0.167. The predicted molar refractivity (Wildman–Crippen MR) is 77.6 cm³/mol. The Morgan fingerprint density at radius 3 is 2.76 bits per heavy atom. The van der Waals surface area contributed by atoms with Gasteiger partial charge in [-0.15, -0.1) is 0 Å². The van der Waals surface area contributed by atoms with Crippen molar-refractivity contribution in [3.05, 3.63) is 41.5 Å². The van der Waals surface area contributed by atoms with Crippen LogP contribution in [0.15, 0.2) is 29.3 Å². The zero-order valence-corrected chi connectivity index (χ0v) is 12.4. The Balaban J connectivity index is 1.94. The highest BCUT2D eigenvalue weighted by molar-refractivity contribution is 7.89. The molecule has 8 heteroatoms. The fraction of sp³-hybridized carbons (Fsp3) is 0.308. The van der Waals surface area contributed by atoms with E-state index in [1.807, 2.05) is 6.92 Å². The molecule has 1 aromatic heterocycles. The highest BCUT2D eigenvalue weighted by atomic mass is 32.2. The molecule has 0 fully saturated rings. The Morgan fingerprint density at radius 1 is 1.38 bits per heavy atom. The minimum Gasteiger partial charge on any atom is -0.399 e. The lowest BCUT2D eigenvalue weighted by Gasteiger charge is -2.07. The maximum absolute atomic E-state index is 13.2. The molecular weight excluding hydrogens is 295 g/mol. The van der Waals surface area contributed by atoms with Crippen LogP contribution >= 0.6 is 0 Å². The van der Waals surface area contributed by atoms with Gasteiger partial charge >= 0.3 is 0 Å². The average molecular weight is 312 g/mol. The molecule has 2 aromatic rings. The molecule has 0 aliphatic rings. The maximum atomic E-state index is 13.2. The van der Waals surface area contributed by atoms with Crippen LogP contribution in [0.2, 0.25) is 0 Å². The molecule has 0 bridgehead atoms. The van der Waals surface area contributed by atoms with Crippen molar-refractivity contribution < 1.29 is 12.8 Å². The van der Waals surface area contributed by atoms with E-state index in [2.05, 4.69) is 14.9 Å². The second-order valence-corrected chi connectivity index (χ2v) is 6.51. The van der Waals surface area contributed by atoms with Crippen LogP contribution in [0.3, 0.4) is 0 Å². The Morgan fingerprint density at radius 2 is 2.14 bits per heavy atom. The number of rotatable bonds is 6. The Bertz CT molecular complexity index is 707. The van der Waals surface area contributed by atoms with E-state index < -0.39 is 15.8 Å². The molecule has 6 nitrogen and oxygen atoms in total. The van der Waals surface area contributed by atoms with Crippen LogP contribution in [-0.4, -0.2) is 25.2 Å². The topological polar surface area (TPSA) is 101 Å². The molecule has 0 atom stereocenters. The molecule has 1 aromatic carbocycles. The average Bonchev–Trinajstić information content (AvgIpc) is 2.79. The van der Waals surface area contributed by atoms with E-state index >= 15 is 0 Å². The molecule has 0 aliphatic carbocycles. The van der Waals surface area contributed by atoms with Crippen molar-refractivity contribution in [3.8, 4) is 0 Å². The molecule has 0 aliphatic heterocycles. The minimum atomic E-state index is -3.75. The first-order valence-corrected chi connectivity index (χ1v) is 7.91. The van der Waals surface area contributed by atoms with Crippen LogP contribution in [0.4, 0.5) is 10.1 Å². The number of aromatic amines is 1. The number of halogens is 1. The van der Waals surface area contributed by atoms with Gasteiger partial charge < -0.3 is 5.73 Å². The molecule has 2 rings (SSSR count). The highest BCUT2D eigenvalue weighted by Crippen LogP contribution is 2.15. The van der Waals surface area contributed by atoms with Crippen molar-refractivity contribution in [2.45, 2.75) is 24.7 Å². The highest BCUT2D eigenvalue weighted by Gasteiger charge is 2.15. The number of anilines is 1. The minimum absolute atomic E-state index is 0.0735. The van der Waals surface area contributed by atoms with Crippen LogP contribution in [0, 0.1) is 12.7 Å². The molecule has 21 heavy (non-hydrogen) atoms. The first kappa shape index (κ1) is 15.5. The molecule has 1 heterocycles. The summed E-state index contributed by atoms with van der Waals surface area (Å²) in [6.45, 7) is 2.16. The lowest BCUT2D eigenvalue weighted by Crippen LogP contribution is -2.25. The van der Waals surface area contributed by atoms with E-state index in [4.69, 9.17) is 5.73 Å². The maximum Gasteiger partial charge on any atom is 0.240 e. The molecule has 0 saturated heterocycles. The fourth-order valence-electron chi connectivity index (χ4n) is 1.94. The number of nitrogen functional groups attached to an aromatic ring is 1. The number of hydrogen-bond acceptors (Lipinski definition) is 4. The van der Waals surface area contributed by atoms with Gasteiger partial charge in [-0.05, 0) is 43.5 Å². The van der Waals surface area contributed by atoms with E-state index in [0.717, 1.165) is 23.4 Å². The monoisotopic (exact) mass is 312 g/mol. The number of aromatic nitrogens is 2. The van der Waals surface area contributed by atoms with Gasteiger partial charge in [0.1, 0.15) is 5.82 Å². The van der Waals surface area contributed by atoms with Crippen molar-refractivity contribution in [2.75, 3.05) is 12.3 Å². The number of sulfonamides is 1. The van der Waals surface area contributed by atoms with E-state index in [9.17, 15) is 12.8 Å². The third-order valence-corrected chi connectivity index (χ3v) is 4.49. The predicted octanol–water partition coefficient (Wildman–Crippen LogP) is 1.35. The third kappa shape index (κ3) is 4.02. The smallest absolute Gasteiger partial charge is 0.240 e. The Kier molecular flexibility index (Phi) is 4.59. The first-order valence-electron chi connectivity index (χ1n) is 6.43. The van der Waals surface area contributed by atoms with E-state index in [1.54, 1.807) is 6.20 Å². The van der Waals surface area contributed by atoms with Crippen LogP contribution in [0.1, 0.15) is 17.7 Å². The van der Waals surface area contributed by atoms with Crippen molar-refractivity contribution in [1.29, 1.82) is 0 Å². The van der Waals surface area contributed by atoms with Gasteiger partial charge in [0.15, 0.2) is 0 Å². The molecule has 114 valence electrons. The number of H-pyrrole nitrogens is 1. The summed E-state index contributed by atoms with van der Waals surface area (Å²) in [6.07, 6.45) is 3.04. The normalized spacial score (nSPS) is 11.7. The molecule has 0 radical (unpaired) electrons. The molecule has 0 saturated carbocycles. The van der Waals surface area contributed by atoms with Gasteiger partial charge in [0, 0.05) is 17.9 Å². The SMILES string of the molecule is Cc1[nH]ncc1CCCNS(=O)(=O)c1cc(N)cc(F)c1. The lowest BCUT2D eigenvalue weighted by molar-refractivity contribution is 0.575. The van der Waals surface area contributed by atoms with Crippen LogP contribution in [0.25, 0.3) is 0 Å². The van der Waals surface area contributed by atoms with Crippen molar-refractivity contribution in [1.82, 2.24) is 14.9 Å². The second kappa shape index (κ2) is 6.23. The first-order chi connectivity index (χ1) is 9.88. The number of aryl methyl sites for hydroxylation is 2. The molecular formula is C13H17FN4O2S. The fourth-order valence-corrected chi connectivity index (χ4v) is 3.07. The van der Waals surface area contributed by atoms with Gasteiger partial charge in [0.05, 0.1) is 11.1 Å². The van der Waals surface area contributed by atoms with Gasteiger partial charge in [-0.2, -0.15) is 5.10 Å². The van der Waals surface area contributed by atoms with Crippen molar-refractivity contribution in [2.24, 2.45) is 0 Å². The van der Waals surface area contributed by atoms with Crippen LogP contribution in [0.5, 0.6) is 0 Å². The van der Waals surface area contributed by atoms with E-state index in [0.29, 0.717) is 12.8 Å². The van der Waals surface area contributed by atoms with Gasteiger partial charge in [-0.1, -0.05) is 0 Å². The van der Waals surface area contributed by atoms with Gasteiger partial charge in [-0.25, -0.2) is 17.5 Å². The van der Waals surface area contributed by atoms with Crippen LogP contribution in [-0.2, 0) is 16.4 Å². The van der Waals surface area contributed by atoms with Gasteiger partial charge in [0.25, 0.3) is 0 Å². The van der Waals surface area contributed by atoms with Crippen molar-refractivity contribution in [3.63, 3.8) is 0 Å². The van der Waals surface area contributed by atoms with E-state index in [1.165, 1.54) is 6.07 Å². The molecule has 4 N–H and O–H groups in total. The summed E-state index contributed by atoms with van der Waals surface area (Å²) in [5.41, 5.74) is 7.54. The lowest BCUT2D eigenvalue weighted by atomic mass is 10.1. The molecule has 0 unspecified atom stereocenters.